The topological polar surface area (TPSA) is 48.0 Å². The van der Waals surface area contributed by atoms with E-state index < -0.39 is 13.9 Å². The number of amides is 1. The average molecular weight is 514 g/mol. The summed E-state index contributed by atoms with van der Waals surface area (Å²) < 4.78 is 18.5. The van der Waals surface area contributed by atoms with E-state index >= 15 is 0 Å². The molecule has 0 spiro atoms. The number of carbonyl (C=O) groups excluding carboxylic acids is 1. The van der Waals surface area contributed by atoms with E-state index in [2.05, 4.69) is 40.8 Å². The fourth-order valence-corrected chi connectivity index (χ4v) is 6.07. The minimum atomic E-state index is -2.00. The summed E-state index contributed by atoms with van der Waals surface area (Å²) in [7, 11) is -0.305. The molecule has 35 heavy (non-hydrogen) atoms. The second-order valence-corrected chi connectivity index (χ2v) is 17.9. The van der Waals surface area contributed by atoms with Gasteiger partial charge in [0.25, 0.3) is 0 Å². The lowest BCUT2D eigenvalue weighted by molar-refractivity contribution is -0.0572. The van der Waals surface area contributed by atoms with Gasteiger partial charge in [0.15, 0.2) is 8.32 Å². The van der Waals surface area contributed by atoms with Crippen molar-refractivity contribution < 1.29 is 18.7 Å². The Balaban J connectivity index is 2.81. The van der Waals surface area contributed by atoms with Crippen LogP contribution in [0.4, 0.5) is 4.79 Å². The van der Waals surface area contributed by atoms with Crippen LogP contribution in [-0.2, 0) is 13.9 Å². The third-order valence-corrected chi connectivity index (χ3v) is 12.3. The van der Waals surface area contributed by atoms with Gasteiger partial charge in [-0.3, -0.25) is 4.90 Å². The average Bonchev–Trinajstić information content (AvgIpc) is 3.16. The molecule has 0 aromatic rings. The van der Waals surface area contributed by atoms with Crippen molar-refractivity contribution in [2.24, 2.45) is 0 Å². The summed E-state index contributed by atoms with van der Waals surface area (Å²) in [5, 5.41) is 0.124. The smallest absolute Gasteiger partial charge is 0.412 e. The van der Waals surface area contributed by atoms with E-state index in [1.54, 1.807) is 7.11 Å². The number of methoxy groups -OCH3 is 1. The van der Waals surface area contributed by atoms with Gasteiger partial charge in [-0.2, -0.15) is 0 Å². The molecule has 6 heteroatoms. The first kappa shape index (κ1) is 32.4. The largest absolute Gasteiger partial charge is 0.444 e. The van der Waals surface area contributed by atoms with Gasteiger partial charge in [-0.15, -0.1) is 0 Å². The maximum atomic E-state index is 13.2. The maximum absolute atomic E-state index is 13.2. The molecule has 0 saturated carbocycles. The Morgan fingerprint density at radius 2 is 1.40 bits per heavy atom. The van der Waals surface area contributed by atoms with E-state index in [9.17, 15) is 4.79 Å². The zero-order valence-corrected chi connectivity index (χ0v) is 26.0. The van der Waals surface area contributed by atoms with E-state index in [4.69, 9.17) is 13.9 Å². The fraction of sp³-hybridized carbons (Fsp3) is 0.966. The zero-order chi connectivity index (χ0) is 26.7. The molecular formula is C29H59NO4Si. The highest BCUT2D eigenvalue weighted by atomic mass is 28.4. The lowest BCUT2D eigenvalue weighted by Gasteiger charge is -2.43. The molecule has 1 rings (SSSR count). The van der Waals surface area contributed by atoms with Crippen LogP contribution in [0.25, 0.3) is 0 Å². The summed E-state index contributed by atoms with van der Waals surface area (Å²) in [5.74, 6) is 0. The fourth-order valence-electron chi connectivity index (χ4n) is 4.69. The molecular weight excluding hydrogens is 454 g/mol. The SMILES string of the molecule is CCCCCCCCCCCC[C@H](O[Si](C)(C)C(C)(C)C)[C@@H]1CCC(OC)N1C(=O)OC(C)(C)C. The summed E-state index contributed by atoms with van der Waals surface area (Å²) in [4.78, 5) is 15.1. The molecule has 208 valence electrons. The quantitative estimate of drug-likeness (QED) is 0.162. The van der Waals surface area contributed by atoms with Gasteiger partial charge in [0.2, 0.25) is 0 Å². The molecule has 3 atom stereocenters. The molecule has 0 radical (unpaired) electrons. The number of ether oxygens (including phenoxy) is 2. The van der Waals surface area contributed by atoms with Crippen LogP contribution in [0.3, 0.4) is 0 Å². The predicted molar refractivity (Wildman–Crippen MR) is 150 cm³/mol. The van der Waals surface area contributed by atoms with E-state index in [1.165, 1.54) is 57.8 Å². The van der Waals surface area contributed by atoms with Crippen LogP contribution < -0.4 is 0 Å². The molecule has 5 nitrogen and oxygen atoms in total. The van der Waals surface area contributed by atoms with E-state index in [1.807, 2.05) is 25.7 Å². The first-order valence-corrected chi connectivity index (χ1v) is 17.4. The Kier molecular flexibility index (Phi) is 13.9. The summed E-state index contributed by atoms with van der Waals surface area (Å²) >= 11 is 0. The van der Waals surface area contributed by atoms with E-state index in [0.29, 0.717) is 0 Å². The molecule has 1 amide bonds. The normalized spacial score (nSPS) is 20.3. The standard InChI is InChI=1S/C29H59NO4Si/c1-11-12-13-14-15-16-17-18-19-20-21-25(34-35(9,10)29(5,6)7)24-22-23-26(32-8)30(24)27(31)33-28(2,3)4/h24-26H,11-23H2,1-10H3/t24-,25-,26?/m0/s1. The van der Waals surface area contributed by atoms with Gasteiger partial charge in [0.1, 0.15) is 11.8 Å². The molecule has 1 aliphatic rings. The number of likely N-dealkylation sites (tertiary alicyclic amines) is 1. The van der Waals surface area contributed by atoms with Crippen LogP contribution >= 0.6 is 0 Å². The Morgan fingerprint density at radius 1 is 0.886 bits per heavy atom. The van der Waals surface area contributed by atoms with Crippen LogP contribution in [0.2, 0.25) is 18.1 Å². The second kappa shape index (κ2) is 15.0. The van der Waals surface area contributed by atoms with Crippen molar-refractivity contribution in [1.82, 2.24) is 4.90 Å². The van der Waals surface area contributed by atoms with Crippen LogP contribution in [0, 0.1) is 0 Å². The number of carbonyl (C=O) groups is 1. The predicted octanol–water partition coefficient (Wildman–Crippen LogP) is 9.06. The lowest BCUT2D eigenvalue weighted by Crippen LogP contribution is -2.53. The summed E-state index contributed by atoms with van der Waals surface area (Å²) in [6.07, 6.45) is 15.4. The maximum Gasteiger partial charge on any atom is 0.412 e. The van der Waals surface area contributed by atoms with E-state index in [-0.39, 0.29) is 29.5 Å². The van der Waals surface area contributed by atoms with Gasteiger partial charge >= 0.3 is 6.09 Å². The Bertz CT molecular complexity index is 596. The number of hydrogen-bond donors (Lipinski definition) is 0. The van der Waals surface area contributed by atoms with Gasteiger partial charge in [0.05, 0.1) is 12.1 Å². The second-order valence-electron chi connectivity index (χ2n) is 13.1. The van der Waals surface area contributed by atoms with Gasteiger partial charge in [0, 0.05) is 7.11 Å². The number of nitrogens with zero attached hydrogens (tertiary/aromatic N) is 1. The van der Waals surface area contributed by atoms with Crippen molar-refractivity contribution in [1.29, 1.82) is 0 Å². The Labute approximate surface area is 219 Å². The molecule has 1 aliphatic heterocycles. The molecule has 0 aromatic carbocycles. The van der Waals surface area contributed by atoms with E-state index in [0.717, 1.165) is 25.7 Å². The van der Waals surface area contributed by atoms with Crippen molar-refractivity contribution >= 4 is 14.4 Å². The Hall–Kier alpha value is -0.593. The van der Waals surface area contributed by atoms with Crippen molar-refractivity contribution in [2.45, 2.75) is 174 Å². The summed E-state index contributed by atoms with van der Waals surface area (Å²) in [6, 6.07) is 0.00231. The van der Waals surface area contributed by atoms with Crippen molar-refractivity contribution in [2.75, 3.05) is 7.11 Å². The molecule has 1 saturated heterocycles. The lowest BCUT2D eigenvalue weighted by atomic mass is 10.0. The first-order valence-electron chi connectivity index (χ1n) is 14.5. The number of rotatable bonds is 15. The van der Waals surface area contributed by atoms with Crippen molar-refractivity contribution in [3.8, 4) is 0 Å². The zero-order valence-electron chi connectivity index (χ0n) is 25.0. The highest BCUT2D eigenvalue weighted by molar-refractivity contribution is 6.74. The molecule has 1 unspecified atom stereocenters. The number of hydrogen-bond acceptors (Lipinski definition) is 4. The molecule has 0 aromatic heterocycles. The molecule has 0 bridgehead atoms. The minimum absolute atomic E-state index is 0.00231. The highest BCUT2D eigenvalue weighted by Gasteiger charge is 2.47. The minimum Gasteiger partial charge on any atom is -0.444 e. The Morgan fingerprint density at radius 3 is 1.86 bits per heavy atom. The van der Waals surface area contributed by atoms with Gasteiger partial charge < -0.3 is 13.9 Å². The molecule has 1 heterocycles. The monoisotopic (exact) mass is 513 g/mol. The first-order chi connectivity index (χ1) is 16.2. The van der Waals surface area contributed by atoms with Crippen LogP contribution in [0.5, 0.6) is 0 Å². The molecule has 0 N–H and O–H groups in total. The van der Waals surface area contributed by atoms with Crippen LogP contribution in [-0.4, -0.2) is 50.4 Å². The van der Waals surface area contributed by atoms with Gasteiger partial charge in [-0.05, 0) is 58.2 Å². The summed E-state index contributed by atoms with van der Waals surface area (Å²) in [6.45, 7) is 19.5. The van der Waals surface area contributed by atoms with Crippen molar-refractivity contribution in [3.63, 3.8) is 0 Å². The third-order valence-electron chi connectivity index (χ3n) is 7.78. The highest BCUT2D eigenvalue weighted by Crippen LogP contribution is 2.40. The van der Waals surface area contributed by atoms with Crippen LogP contribution in [0.15, 0.2) is 0 Å². The molecule has 1 fully saturated rings. The number of unbranched alkanes of at least 4 members (excludes halogenated alkanes) is 9. The molecule has 0 aliphatic carbocycles. The van der Waals surface area contributed by atoms with Gasteiger partial charge in [-0.1, -0.05) is 91.9 Å². The van der Waals surface area contributed by atoms with Gasteiger partial charge in [-0.25, -0.2) is 4.79 Å². The third kappa shape index (κ3) is 11.6. The van der Waals surface area contributed by atoms with Crippen molar-refractivity contribution in [3.05, 3.63) is 0 Å². The van der Waals surface area contributed by atoms with Crippen LogP contribution in [0.1, 0.15) is 132 Å². The summed E-state index contributed by atoms with van der Waals surface area (Å²) in [5.41, 5.74) is -0.533.